The summed E-state index contributed by atoms with van der Waals surface area (Å²) in [5.74, 6) is 0.918. The molecule has 1 amide bonds. The van der Waals surface area contributed by atoms with Crippen molar-refractivity contribution < 1.29 is 9.21 Å². The van der Waals surface area contributed by atoms with Gasteiger partial charge in [0.15, 0.2) is 5.76 Å². The van der Waals surface area contributed by atoms with Gasteiger partial charge in [-0.05, 0) is 37.3 Å². The van der Waals surface area contributed by atoms with E-state index in [2.05, 4.69) is 12.2 Å². The highest BCUT2D eigenvalue weighted by molar-refractivity contribution is 5.98. The first kappa shape index (κ1) is 12.0. The highest BCUT2D eigenvalue weighted by Gasteiger charge is 2.30. The Morgan fingerprint density at radius 1 is 1.26 bits per heavy atom. The van der Waals surface area contributed by atoms with Crippen molar-refractivity contribution in [3.63, 3.8) is 0 Å². The summed E-state index contributed by atoms with van der Waals surface area (Å²) >= 11 is 0. The molecule has 1 unspecified atom stereocenters. The van der Waals surface area contributed by atoms with Gasteiger partial charge in [0.2, 0.25) is 0 Å². The first-order valence-electron chi connectivity index (χ1n) is 6.69. The van der Waals surface area contributed by atoms with Crippen LogP contribution in [0, 0.1) is 5.92 Å². The van der Waals surface area contributed by atoms with Crippen LogP contribution in [0.4, 0.5) is 0 Å². The molecule has 0 saturated heterocycles. The largest absolute Gasteiger partial charge is 0.459 e. The first-order chi connectivity index (χ1) is 9.25. The van der Waals surface area contributed by atoms with Crippen LogP contribution in [0.15, 0.2) is 47.1 Å². The van der Waals surface area contributed by atoms with Crippen LogP contribution in [-0.4, -0.2) is 11.9 Å². The van der Waals surface area contributed by atoms with Gasteiger partial charge in [-0.25, -0.2) is 0 Å². The highest BCUT2D eigenvalue weighted by Crippen LogP contribution is 2.32. The second-order valence-corrected chi connectivity index (χ2v) is 5.13. The van der Waals surface area contributed by atoms with Gasteiger partial charge in [-0.1, -0.05) is 30.3 Å². The molecule has 1 aliphatic rings. The maximum Gasteiger partial charge on any atom is 0.287 e. The van der Waals surface area contributed by atoms with Gasteiger partial charge in [0.1, 0.15) is 0 Å². The maximum absolute atomic E-state index is 12.2. The molecule has 2 aromatic rings. The molecule has 1 atom stereocenters. The third kappa shape index (κ3) is 2.55. The number of furan rings is 1. The van der Waals surface area contributed by atoms with Crippen molar-refractivity contribution in [2.24, 2.45) is 5.92 Å². The van der Waals surface area contributed by atoms with Gasteiger partial charge in [0.25, 0.3) is 5.91 Å². The summed E-state index contributed by atoms with van der Waals surface area (Å²) in [7, 11) is 0. The number of hydrogen-bond donors (Lipinski definition) is 1. The summed E-state index contributed by atoms with van der Waals surface area (Å²) < 4.78 is 5.37. The SMILES string of the molecule is CC(NC(=O)c1occc1-c1ccccc1)C1CC1. The van der Waals surface area contributed by atoms with Crippen molar-refractivity contribution in [1.29, 1.82) is 0 Å². The van der Waals surface area contributed by atoms with Crippen molar-refractivity contribution in [1.82, 2.24) is 5.32 Å². The highest BCUT2D eigenvalue weighted by atomic mass is 16.3. The van der Waals surface area contributed by atoms with Crippen LogP contribution in [0.5, 0.6) is 0 Å². The van der Waals surface area contributed by atoms with Crippen molar-refractivity contribution >= 4 is 5.91 Å². The number of rotatable bonds is 4. The van der Waals surface area contributed by atoms with Crippen molar-refractivity contribution in [2.75, 3.05) is 0 Å². The molecular formula is C16H17NO2. The van der Waals surface area contributed by atoms with E-state index in [0.29, 0.717) is 11.7 Å². The van der Waals surface area contributed by atoms with Gasteiger partial charge in [-0.15, -0.1) is 0 Å². The molecule has 1 aromatic heterocycles. The van der Waals surface area contributed by atoms with Crippen molar-refractivity contribution in [3.8, 4) is 11.1 Å². The molecule has 3 rings (SSSR count). The van der Waals surface area contributed by atoms with Gasteiger partial charge >= 0.3 is 0 Å². The second kappa shape index (κ2) is 4.92. The molecule has 1 saturated carbocycles. The van der Waals surface area contributed by atoms with Crippen LogP contribution in [-0.2, 0) is 0 Å². The number of nitrogens with one attached hydrogen (secondary N) is 1. The summed E-state index contributed by atoms with van der Waals surface area (Å²) in [6.45, 7) is 2.06. The summed E-state index contributed by atoms with van der Waals surface area (Å²) in [5, 5.41) is 3.02. The minimum atomic E-state index is -0.122. The molecule has 1 N–H and O–H groups in total. The van der Waals surface area contributed by atoms with Crippen LogP contribution < -0.4 is 5.32 Å². The third-order valence-electron chi connectivity index (χ3n) is 3.64. The average molecular weight is 255 g/mol. The van der Waals surface area contributed by atoms with Gasteiger partial charge in [0, 0.05) is 11.6 Å². The molecule has 98 valence electrons. The lowest BCUT2D eigenvalue weighted by atomic mass is 10.1. The zero-order chi connectivity index (χ0) is 13.2. The predicted molar refractivity (Wildman–Crippen MR) is 73.8 cm³/mol. The Balaban J connectivity index is 1.81. The number of carbonyl (C=O) groups is 1. The Kier molecular flexibility index (Phi) is 3.11. The zero-order valence-corrected chi connectivity index (χ0v) is 10.9. The fraction of sp³-hybridized carbons (Fsp3) is 0.312. The fourth-order valence-electron chi connectivity index (χ4n) is 2.32. The molecule has 0 radical (unpaired) electrons. The molecule has 3 heteroatoms. The van der Waals surface area contributed by atoms with Crippen LogP contribution in [0.2, 0.25) is 0 Å². The molecular weight excluding hydrogens is 238 g/mol. The van der Waals surface area contributed by atoms with Crippen molar-refractivity contribution in [3.05, 3.63) is 48.4 Å². The van der Waals surface area contributed by atoms with E-state index in [9.17, 15) is 4.79 Å². The summed E-state index contributed by atoms with van der Waals surface area (Å²) in [5.41, 5.74) is 1.85. The lowest BCUT2D eigenvalue weighted by Crippen LogP contribution is -2.34. The van der Waals surface area contributed by atoms with E-state index >= 15 is 0 Å². The number of amides is 1. The Labute approximate surface area is 112 Å². The predicted octanol–water partition coefficient (Wildman–Crippen LogP) is 3.47. The van der Waals surface area contributed by atoms with Gasteiger partial charge in [0.05, 0.1) is 6.26 Å². The maximum atomic E-state index is 12.2. The number of hydrogen-bond acceptors (Lipinski definition) is 2. The lowest BCUT2D eigenvalue weighted by Gasteiger charge is -2.12. The van der Waals surface area contributed by atoms with E-state index in [4.69, 9.17) is 4.42 Å². The number of carbonyl (C=O) groups excluding carboxylic acids is 1. The standard InChI is InChI=1S/C16H17NO2/c1-11(12-7-8-12)17-16(18)15-14(9-10-19-15)13-5-3-2-4-6-13/h2-6,9-12H,7-8H2,1H3,(H,17,18). The molecule has 0 spiro atoms. The summed E-state index contributed by atoms with van der Waals surface area (Å²) in [4.78, 5) is 12.2. The fourth-order valence-corrected chi connectivity index (χ4v) is 2.32. The zero-order valence-electron chi connectivity index (χ0n) is 10.9. The van der Waals surface area contributed by atoms with Crippen LogP contribution in [0.3, 0.4) is 0 Å². The Morgan fingerprint density at radius 2 is 2.00 bits per heavy atom. The molecule has 0 aliphatic heterocycles. The summed E-state index contributed by atoms with van der Waals surface area (Å²) in [6, 6.07) is 11.9. The third-order valence-corrected chi connectivity index (χ3v) is 3.64. The molecule has 1 aliphatic carbocycles. The summed E-state index contributed by atoms with van der Waals surface area (Å²) in [6.07, 6.45) is 4.00. The molecule has 0 bridgehead atoms. The topological polar surface area (TPSA) is 42.2 Å². The molecule has 3 nitrogen and oxygen atoms in total. The molecule has 19 heavy (non-hydrogen) atoms. The van der Waals surface area contributed by atoms with E-state index in [-0.39, 0.29) is 11.9 Å². The minimum Gasteiger partial charge on any atom is -0.459 e. The van der Waals surface area contributed by atoms with E-state index in [1.54, 1.807) is 6.26 Å². The van der Waals surface area contributed by atoms with Crippen LogP contribution in [0.1, 0.15) is 30.3 Å². The Morgan fingerprint density at radius 3 is 2.68 bits per heavy atom. The van der Waals surface area contributed by atoms with Gasteiger partial charge < -0.3 is 9.73 Å². The Bertz CT molecular complexity index is 569. The van der Waals surface area contributed by atoms with Crippen LogP contribution in [0.25, 0.3) is 11.1 Å². The minimum absolute atomic E-state index is 0.122. The Hall–Kier alpha value is -2.03. The monoisotopic (exact) mass is 255 g/mol. The number of benzene rings is 1. The first-order valence-corrected chi connectivity index (χ1v) is 6.69. The van der Waals surface area contributed by atoms with E-state index < -0.39 is 0 Å². The van der Waals surface area contributed by atoms with Crippen LogP contribution >= 0.6 is 0 Å². The normalized spacial score (nSPS) is 16.1. The molecule has 1 heterocycles. The van der Waals surface area contributed by atoms with Gasteiger partial charge in [-0.3, -0.25) is 4.79 Å². The van der Waals surface area contributed by atoms with E-state index in [1.807, 2.05) is 36.4 Å². The second-order valence-electron chi connectivity index (χ2n) is 5.13. The van der Waals surface area contributed by atoms with Gasteiger partial charge in [-0.2, -0.15) is 0 Å². The van der Waals surface area contributed by atoms with E-state index in [1.165, 1.54) is 12.8 Å². The molecule has 1 aromatic carbocycles. The smallest absolute Gasteiger partial charge is 0.287 e. The van der Waals surface area contributed by atoms with E-state index in [0.717, 1.165) is 11.1 Å². The van der Waals surface area contributed by atoms with Crippen molar-refractivity contribution in [2.45, 2.75) is 25.8 Å². The quantitative estimate of drug-likeness (QED) is 0.908. The molecule has 1 fully saturated rings. The lowest BCUT2D eigenvalue weighted by molar-refractivity contribution is 0.0908. The average Bonchev–Trinajstić information content (AvgIpc) is 3.17.